The predicted molar refractivity (Wildman–Crippen MR) is 97.0 cm³/mol. The number of benzene rings is 2. The Morgan fingerprint density at radius 2 is 1.96 bits per heavy atom. The number of rotatable bonds is 6. The van der Waals surface area contributed by atoms with Crippen molar-refractivity contribution in [1.29, 1.82) is 0 Å². The van der Waals surface area contributed by atoms with Crippen LogP contribution in [0.3, 0.4) is 0 Å². The Balaban J connectivity index is 2.31. The van der Waals surface area contributed by atoms with Gasteiger partial charge in [0.2, 0.25) is 0 Å². The molecule has 4 heteroatoms. The van der Waals surface area contributed by atoms with Crippen molar-refractivity contribution in [2.75, 3.05) is 13.7 Å². The summed E-state index contributed by atoms with van der Waals surface area (Å²) in [5.74, 6) is 1.20. The first-order chi connectivity index (χ1) is 11.0. The van der Waals surface area contributed by atoms with E-state index >= 15 is 0 Å². The highest BCUT2D eigenvalue weighted by Crippen LogP contribution is 2.36. The monoisotopic (exact) mass is 331 g/mol. The van der Waals surface area contributed by atoms with E-state index in [4.69, 9.17) is 21.1 Å². The van der Waals surface area contributed by atoms with Crippen LogP contribution < -0.4 is 9.47 Å². The van der Waals surface area contributed by atoms with Gasteiger partial charge in [0.05, 0.1) is 24.4 Å². The zero-order chi connectivity index (χ0) is 16.8. The smallest absolute Gasteiger partial charge is 0.179 e. The third-order valence-corrected chi connectivity index (χ3v) is 3.70. The minimum absolute atomic E-state index is 0.528. The van der Waals surface area contributed by atoms with Crippen molar-refractivity contribution in [3.05, 3.63) is 52.0 Å². The van der Waals surface area contributed by atoms with Gasteiger partial charge < -0.3 is 9.47 Å². The number of nitrogens with zero attached hydrogens (tertiary/aromatic N) is 1. The second-order valence-electron chi connectivity index (χ2n) is 5.43. The maximum atomic E-state index is 6.32. The molecule has 2 aromatic rings. The molecule has 0 heterocycles. The van der Waals surface area contributed by atoms with E-state index in [9.17, 15) is 0 Å². The lowest BCUT2D eigenvalue weighted by atomic mass is 10.1. The molecule has 2 rings (SSSR count). The quantitative estimate of drug-likeness (QED) is 0.654. The van der Waals surface area contributed by atoms with Crippen molar-refractivity contribution < 1.29 is 9.47 Å². The maximum absolute atomic E-state index is 6.32. The van der Waals surface area contributed by atoms with Crippen LogP contribution in [0.1, 0.15) is 30.0 Å². The summed E-state index contributed by atoms with van der Waals surface area (Å²) >= 11 is 6.32. The van der Waals surface area contributed by atoms with E-state index in [1.807, 2.05) is 26.0 Å². The van der Waals surface area contributed by atoms with Gasteiger partial charge in [-0.25, -0.2) is 0 Å². The minimum Gasteiger partial charge on any atom is -0.493 e. The Kier molecular flexibility index (Phi) is 6.05. The Morgan fingerprint density at radius 3 is 2.65 bits per heavy atom. The molecule has 122 valence electrons. The van der Waals surface area contributed by atoms with Crippen molar-refractivity contribution in [1.82, 2.24) is 0 Å². The summed E-state index contributed by atoms with van der Waals surface area (Å²) in [4.78, 5) is 4.57. The van der Waals surface area contributed by atoms with Gasteiger partial charge in [-0.05, 0) is 55.2 Å². The van der Waals surface area contributed by atoms with Crippen LogP contribution in [0.25, 0.3) is 0 Å². The van der Waals surface area contributed by atoms with Crippen molar-refractivity contribution in [2.45, 2.75) is 27.2 Å². The van der Waals surface area contributed by atoms with Crippen LogP contribution in [-0.2, 0) is 0 Å². The molecule has 3 nitrogen and oxygen atoms in total. The van der Waals surface area contributed by atoms with E-state index in [2.05, 4.69) is 30.1 Å². The molecule has 0 amide bonds. The Labute approximate surface area is 142 Å². The summed E-state index contributed by atoms with van der Waals surface area (Å²) in [5.41, 5.74) is 4.14. The number of aliphatic imine (C=N–C) groups is 1. The minimum atomic E-state index is 0.528. The lowest BCUT2D eigenvalue weighted by Crippen LogP contribution is -1.99. The molecule has 0 saturated heterocycles. The summed E-state index contributed by atoms with van der Waals surface area (Å²) in [6, 6.07) is 9.92. The number of aryl methyl sites for hydroxylation is 2. The third kappa shape index (κ3) is 4.49. The van der Waals surface area contributed by atoms with Gasteiger partial charge in [0.15, 0.2) is 11.5 Å². The van der Waals surface area contributed by atoms with Gasteiger partial charge in [-0.3, -0.25) is 4.99 Å². The molecule has 0 aliphatic rings. The van der Waals surface area contributed by atoms with Crippen LogP contribution in [0.4, 0.5) is 5.69 Å². The Morgan fingerprint density at radius 1 is 1.17 bits per heavy atom. The van der Waals surface area contributed by atoms with Gasteiger partial charge in [-0.1, -0.05) is 30.7 Å². The van der Waals surface area contributed by atoms with Gasteiger partial charge in [0, 0.05) is 6.21 Å². The summed E-state index contributed by atoms with van der Waals surface area (Å²) in [7, 11) is 1.61. The molecule has 0 bridgehead atoms. The molecule has 0 fully saturated rings. The van der Waals surface area contributed by atoms with E-state index in [-0.39, 0.29) is 0 Å². The molecule has 0 radical (unpaired) electrons. The second-order valence-corrected chi connectivity index (χ2v) is 5.84. The standard InChI is InChI=1S/C19H22ClNO2/c1-5-8-23-19-16(20)10-15(11-18(19)22-4)12-21-17-9-13(2)6-7-14(17)3/h6-7,9-12H,5,8H2,1-4H3. The predicted octanol–water partition coefficient (Wildman–Crippen LogP) is 5.50. The fraction of sp³-hybridized carbons (Fsp3) is 0.316. The lowest BCUT2D eigenvalue weighted by Gasteiger charge is -2.12. The molecule has 23 heavy (non-hydrogen) atoms. The fourth-order valence-electron chi connectivity index (χ4n) is 2.16. The largest absolute Gasteiger partial charge is 0.493 e. The normalized spacial score (nSPS) is 11.0. The number of hydrogen-bond donors (Lipinski definition) is 0. The van der Waals surface area contributed by atoms with E-state index in [0.717, 1.165) is 23.2 Å². The van der Waals surface area contributed by atoms with Crippen molar-refractivity contribution >= 4 is 23.5 Å². The molecule has 2 aromatic carbocycles. The van der Waals surface area contributed by atoms with Crippen LogP contribution >= 0.6 is 11.6 Å². The van der Waals surface area contributed by atoms with Crippen LogP contribution in [0.15, 0.2) is 35.3 Å². The molecule has 0 N–H and O–H groups in total. The summed E-state index contributed by atoms with van der Waals surface area (Å²) in [6.07, 6.45) is 2.70. The fourth-order valence-corrected chi connectivity index (χ4v) is 2.43. The van der Waals surface area contributed by atoms with E-state index in [1.165, 1.54) is 5.56 Å². The third-order valence-electron chi connectivity index (χ3n) is 3.42. The van der Waals surface area contributed by atoms with Crippen LogP contribution in [-0.4, -0.2) is 19.9 Å². The summed E-state index contributed by atoms with van der Waals surface area (Å²) in [5, 5.41) is 0.528. The summed E-state index contributed by atoms with van der Waals surface area (Å²) < 4.78 is 11.0. The molecule has 0 unspecified atom stereocenters. The van der Waals surface area contributed by atoms with Gasteiger partial charge in [-0.15, -0.1) is 0 Å². The average Bonchev–Trinajstić information content (AvgIpc) is 2.54. The zero-order valence-corrected chi connectivity index (χ0v) is 14.8. The average molecular weight is 332 g/mol. The Bertz CT molecular complexity index is 711. The van der Waals surface area contributed by atoms with Crippen LogP contribution in [0, 0.1) is 13.8 Å². The van der Waals surface area contributed by atoms with E-state index < -0.39 is 0 Å². The maximum Gasteiger partial charge on any atom is 0.179 e. The second kappa shape index (κ2) is 8.02. The van der Waals surface area contributed by atoms with Gasteiger partial charge in [-0.2, -0.15) is 0 Å². The molecular formula is C19H22ClNO2. The van der Waals surface area contributed by atoms with Gasteiger partial charge >= 0.3 is 0 Å². The Hall–Kier alpha value is -2.00. The van der Waals surface area contributed by atoms with Crippen LogP contribution in [0.2, 0.25) is 5.02 Å². The van der Waals surface area contributed by atoms with Crippen molar-refractivity contribution in [3.8, 4) is 11.5 Å². The lowest BCUT2D eigenvalue weighted by molar-refractivity contribution is 0.294. The topological polar surface area (TPSA) is 30.8 Å². The molecule has 0 aromatic heterocycles. The van der Waals surface area contributed by atoms with Crippen LogP contribution in [0.5, 0.6) is 11.5 Å². The molecule has 0 saturated carbocycles. The number of ether oxygens (including phenoxy) is 2. The van der Waals surface area contributed by atoms with Gasteiger partial charge in [0.25, 0.3) is 0 Å². The van der Waals surface area contributed by atoms with Gasteiger partial charge in [0.1, 0.15) is 0 Å². The molecule has 0 aliphatic heterocycles. The number of methoxy groups -OCH3 is 1. The first kappa shape index (κ1) is 17.4. The SMILES string of the molecule is CCCOc1c(Cl)cc(C=Nc2cc(C)ccc2C)cc1OC. The van der Waals surface area contributed by atoms with E-state index in [0.29, 0.717) is 23.1 Å². The number of halogens is 1. The molecular weight excluding hydrogens is 310 g/mol. The van der Waals surface area contributed by atoms with Crippen molar-refractivity contribution in [3.63, 3.8) is 0 Å². The van der Waals surface area contributed by atoms with E-state index in [1.54, 1.807) is 13.3 Å². The molecule has 0 atom stereocenters. The summed E-state index contributed by atoms with van der Waals surface area (Å²) in [6.45, 7) is 6.75. The van der Waals surface area contributed by atoms with Crippen molar-refractivity contribution in [2.24, 2.45) is 4.99 Å². The first-order valence-corrected chi connectivity index (χ1v) is 8.04. The molecule has 0 aliphatic carbocycles. The highest BCUT2D eigenvalue weighted by Gasteiger charge is 2.11. The zero-order valence-electron chi connectivity index (χ0n) is 14.0. The highest BCUT2D eigenvalue weighted by molar-refractivity contribution is 6.32. The number of hydrogen-bond acceptors (Lipinski definition) is 3. The first-order valence-electron chi connectivity index (χ1n) is 7.66. The molecule has 0 spiro atoms. The highest BCUT2D eigenvalue weighted by atomic mass is 35.5.